The number of primary amides is 2. The summed E-state index contributed by atoms with van der Waals surface area (Å²) in [7, 11) is 3.74. The Labute approximate surface area is 481 Å². The minimum atomic E-state index is -1.73. The molecule has 1 aliphatic heterocycles. The van der Waals surface area contributed by atoms with E-state index >= 15 is 0 Å². The van der Waals surface area contributed by atoms with Crippen LogP contribution < -0.4 is 54.4 Å². The molecular formula is C55H68Cl2N10O11S2. The molecule has 0 saturated carbocycles. The van der Waals surface area contributed by atoms with Gasteiger partial charge in [0.25, 0.3) is 0 Å². The number of halogens is 2. The summed E-state index contributed by atoms with van der Waals surface area (Å²) in [4.78, 5) is 126. The van der Waals surface area contributed by atoms with Crippen molar-refractivity contribution >= 4 is 97.8 Å². The lowest BCUT2D eigenvalue weighted by atomic mass is 9.90. The van der Waals surface area contributed by atoms with Crippen LogP contribution in [0.15, 0.2) is 97.1 Å². The van der Waals surface area contributed by atoms with Gasteiger partial charge in [-0.2, -0.15) is 0 Å². The molecule has 25 heteroatoms. The third kappa shape index (κ3) is 20.7. The number of rotatable bonds is 20. The van der Waals surface area contributed by atoms with E-state index in [0.29, 0.717) is 51.7 Å². The first-order chi connectivity index (χ1) is 38.1. The van der Waals surface area contributed by atoms with Crippen LogP contribution in [0.4, 0.5) is 0 Å². The van der Waals surface area contributed by atoms with Crippen LogP contribution >= 0.6 is 44.8 Å². The molecule has 8 amide bonds. The smallest absolute Gasteiger partial charge is 0.248 e. The molecule has 4 aromatic carbocycles. The van der Waals surface area contributed by atoms with Crippen LogP contribution in [0.3, 0.4) is 0 Å². The summed E-state index contributed by atoms with van der Waals surface area (Å²) < 4.78 is 0. The number of aliphatic hydroxyl groups excluding tert-OH is 1. The molecule has 15 N–H and O–H groups in total. The Balaban J connectivity index is 1.58. The molecule has 1 fully saturated rings. The van der Waals surface area contributed by atoms with Gasteiger partial charge in [-0.1, -0.05) is 93.3 Å². The number of benzene rings is 4. The Morgan fingerprint density at radius 2 is 1.24 bits per heavy atom. The van der Waals surface area contributed by atoms with Crippen LogP contribution in [0.25, 0.3) is 0 Å². The van der Waals surface area contributed by atoms with Crippen LogP contribution in [0.5, 0.6) is 5.75 Å². The lowest BCUT2D eigenvalue weighted by molar-refractivity contribution is -0.137. The molecule has 1 aliphatic rings. The number of aromatic hydroxyl groups is 1. The van der Waals surface area contributed by atoms with E-state index in [1.165, 1.54) is 43.3 Å². The number of phenols is 1. The molecule has 0 spiro atoms. The number of carbonyl (C=O) groups is 9. The number of Topliss-reactive ketones (excluding diaryl/α,β-unsaturated/α-hetero) is 1. The monoisotopic (exact) mass is 1180 g/mol. The highest BCUT2D eigenvalue weighted by molar-refractivity contribution is 8.76. The molecule has 1 heterocycles. The number of aliphatic hydroxyl groups is 1. The zero-order chi connectivity index (χ0) is 58.5. The molecule has 21 nitrogen and oxygen atoms in total. The van der Waals surface area contributed by atoms with Crippen molar-refractivity contribution in [2.75, 3.05) is 25.1 Å². The van der Waals surface area contributed by atoms with Gasteiger partial charge in [0, 0.05) is 52.3 Å². The summed E-state index contributed by atoms with van der Waals surface area (Å²) in [6.45, 7) is 1.77. The Kier molecular flexibility index (Phi) is 25.6. The van der Waals surface area contributed by atoms with Crippen LogP contribution in [0.1, 0.15) is 65.2 Å². The van der Waals surface area contributed by atoms with E-state index in [9.17, 15) is 53.4 Å². The van der Waals surface area contributed by atoms with Crippen molar-refractivity contribution in [3.05, 3.63) is 135 Å². The maximum absolute atomic E-state index is 14.8. The first-order valence-corrected chi connectivity index (χ1v) is 29.0. The molecule has 80 heavy (non-hydrogen) atoms. The van der Waals surface area contributed by atoms with Crippen molar-refractivity contribution in [3.63, 3.8) is 0 Å². The number of nitrogens with one attached hydrogen (secondary N) is 7. The van der Waals surface area contributed by atoms with Crippen molar-refractivity contribution in [3.8, 4) is 5.75 Å². The molecular weight excluding hydrogens is 1110 g/mol. The molecule has 0 aliphatic carbocycles. The van der Waals surface area contributed by atoms with Gasteiger partial charge in [-0.25, -0.2) is 0 Å². The summed E-state index contributed by atoms with van der Waals surface area (Å²) in [6, 6.07) is 15.1. The fraction of sp³-hybridized carbons (Fsp3) is 0.400. The highest BCUT2D eigenvalue weighted by Crippen LogP contribution is 2.26. The van der Waals surface area contributed by atoms with Gasteiger partial charge >= 0.3 is 0 Å². The van der Waals surface area contributed by atoms with E-state index < -0.39 is 114 Å². The van der Waals surface area contributed by atoms with Gasteiger partial charge in [-0.15, -0.1) is 0 Å². The van der Waals surface area contributed by atoms with Crippen molar-refractivity contribution < 1.29 is 53.4 Å². The zero-order valence-corrected chi connectivity index (χ0v) is 47.2. The van der Waals surface area contributed by atoms with Crippen LogP contribution in [-0.2, 0) is 64.0 Å². The lowest BCUT2D eigenvalue weighted by Gasteiger charge is -2.29. The second kappa shape index (κ2) is 31.9. The molecule has 1 saturated heterocycles. The van der Waals surface area contributed by atoms with Gasteiger partial charge in [0.15, 0.2) is 5.78 Å². The SMILES string of the molecule is CNCCCC[C@@H]1NC(=O)[C@@H](Cc2ccc(C(N)=O)cc2)NC(=O)[C@H](Cc2ccc(O)cc2)CC(=O)[C@H](NC(=O)[C@@H](N)Cc2ccc(Cl)cc2)CSSC[C@@H](C(=O)NC(Cc2ccc(Cl)cc2)C(N)=O)NC(=O)[C@H]([C@@H](C)O)NC1=O. The number of hydrogen-bond acceptors (Lipinski definition) is 15. The molecule has 4 aromatic rings. The molecule has 0 radical (unpaired) electrons. The maximum Gasteiger partial charge on any atom is 0.248 e. The highest BCUT2D eigenvalue weighted by atomic mass is 35.5. The zero-order valence-electron chi connectivity index (χ0n) is 44.1. The van der Waals surface area contributed by atoms with Crippen molar-refractivity contribution in [1.29, 1.82) is 0 Å². The van der Waals surface area contributed by atoms with Gasteiger partial charge in [-0.05, 0) is 123 Å². The minimum absolute atomic E-state index is 0.0108. The van der Waals surface area contributed by atoms with Gasteiger partial charge in [0.2, 0.25) is 47.3 Å². The second-order valence-electron chi connectivity index (χ2n) is 19.4. The predicted octanol–water partition coefficient (Wildman–Crippen LogP) is 1.53. The largest absolute Gasteiger partial charge is 0.508 e. The van der Waals surface area contributed by atoms with Gasteiger partial charge < -0.3 is 64.6 Å². The van der Waals surface area contributed by atoms with Crippen LogP contribution in [0, 0.1) is 5.92 Å². The van der Waals surface area contributed by atoms with E-state index in [1.807, 2.05) is 0 Å². The third-order valence-corrected chi connectivity index (χ3v) is 15.9. The number of nitrogens with two attached hydrogens (primary N) is 3. The molecule has 0 aromatic heterocycles. The predicted molar refractivity (Wildman–Crippen MR) is 307 cm³/mol. The number of unbranched alkanes of at least 4 members (excludes halogenated alkanes) is 1. The normalized spacial score (nSPS) is 21.1. The van der Waals surface area contributed by atoms with Crippen LogP contribution in [0.2, 0.25) is 10.0 Å². The van der Waals surface area contributed by atoms with Crippen LogP contribution in [-0.4, -0.2) is 137 Å². The fourth-order valence-corrected chi connectivity index (χ4v) is 11.1. The van der Waals surface area contributed by atoms with E-state index in [4.69, 9.17) is 40.4 Å². The summed E-state index contributed by atoms with van der Waals surface area (Å²) in [5, 5.41) is 41.1. The lowest BCUT2D eigenvalue weighted by Crippen LogP contribution is -2.62. The van der Waals surface area contributed by atoms with Gasteiger partial charge in [0.05, 0.1) is 18.2 Å². The Morgan fingerprint density at radius 3 is 1.82 bits per heavy atom. The Bertz CT molecular complexity index is 2780. The minimum Gasteiger partial charge on any atom is -0.508 e. The number of hydrogen-bond donors (Lipinski definition) is 12. The number of carbonyl (C=O) groups excluding carboxylic acids is 9. The van der Waals surface area contributed by atoms with E-state index in [0.717, 1.165) is 21.6 Å². The summed E-state index contributed by atoms with van der Waals surface area (Å²) in [6.07, 6.45) is -1.50. The van der Waals surface area contributed by atoms with E-state index in [1.54, 1.807) is 67.7 Å². The fourth-order valence-electron chi connectivity index (χ4n) is 8.44. The number of ketones is 1. The second-order valence-corrected chi connectivity index (χ2v) is 22.8. The first-order valence-electron chi connectivity index (χ1n) is 25.7. The topological polar surface area (TPSA) is 356 Å². The van der Waals surface area contributed by atoms with Gasteiger partial charge in [0.1, 0.15) is 36.0 Å². The molecule has 5 rings (SSSR count). The molecule has 9 atom stereocenters. The third-order valence-electron chi connectivity index (χ3n) is 13.0. The average Bonchev–Trinajstić information content (AvgIpc) is 3.42. The highest BCUT2D eigenvalue weighted by Gasteiger charge is 2.37. The van der Waals surface area contributed by atoms with Crippen molar-refractivity contribution in [1.82, 2.24) is 37.2 Å². The van der Waals surface area contributed by atoms with E-state index in [2.05, 4.69) is 37.2 Å². The summed E-state index contributed by atoms with van der Waals surface area (Å²) in [5.41, 5.74) is 20.1. The molecule has 430 valence electrons. The summed E-state index contributed by atoms with van der Waals surface area (Å²) >= 11 is 12.2. The van der Waals surface area contributed by atoms with E-state index in [-0.39, 0.29) is 54.9 Å². The van der Waals surface area contributed by atoms with Gasteiger partial charge in [-0.3, -0.25) is 43.2 Å². The standard InChI is InChI=1S/C55H68Cl2N10O11S2/c1-30(68)47-55(78)66-45(54(77)63-42(49(60)72)25-34-10-18-38(57)19-11-34)29-80-79-28-44(65-51(74)40(58)24-32-8-16-37(56)17-9-32)46(70)27-36(23-31-12-20-39(69)21-13-31)50(73)64-43(26-33-6-14-35(15-7-33)48(59)71)53(76)62-41(52(75)67-47)5-3-4-22-61-2/h6-21,30,36,40-45,47,61,68-69H,3-5,22-29,58H2,1-2H3,(H2,59,71)(H2,60,72)(H,62,76)(H,63,77)(H,64,73)(H,65,74)(H,66,78)(H,67,75)/t30-,36-,40+,41+,42?,43-,44-,45+,47+/m1/s1. The van der Waals surface area contributed by atoms with Crippen molar-refractivity contribution in [2.45, 2.75) is 107 Å². The number of amides is 8. The summed E-state index contributed by atoms with van der Waals surface area (Å²) in [5.74, 6) is -9.15. The average molecular weight is 1180 g/mol. The Morgan fingerprint density at radius 1 is 0.688 bits per heavy atom. The quantitative estimate of drug-likeness (QED) is 0.0441. The maximum atomic E-state index is 14.8. The van der Waals surface area contributed by atoms with Crippen molar-refractivity contribution in [2.24, 2.45) is 23.1 Å². The molecule has 1 unspecified atom stereocenters. The first kappa shape index (κ1) is 64.1. The number of phenolic OH excluding ortho intramolecular Hbond substituents is 1. The molecule has 0 bridgehead atoms. The Hall–Kier alpha value is -6.73.